The van der Waals surface area contributed by atoms with Crippen molar-refractivity contribution in [1.82, 2.24) is 9.44 Å². The van der Waals surface area contributed by atoms with Gasteiger partial charge in [-0.3, -0.25) is 0 Å². The monoisotopic (exact) mass is 392 g/mol. The van der Waals surface area contributed by atoms with E-state index < -0.39 is 24.1 Å². The van der Waals surface area contributed by atoms with Crippen molar-refractivity contribution in [3.63, 3.8) is 0 Å². The second kappa shape index (κ2) is 11.4. The molecule has 0 bridgehead atoms. The molecule has 0 spiro atoms. The molecule has 8 nitrogen and oxygen atoms in total. The molecule has 0 unspecified atom stereocenters. The van der Waals surface area contributed by atoms with Crippen molar-refractivity contribution in [2.24, 2.45) is 0 Å². The number of nitrogens with zero attached hydrogens (tertiary/aromatic N) is 2. The zero-order valence-corrected chi connectivity index (χ0v) is 16.5. The first-order valence-electron chi connectivity index (χ1n) is 8.47. The molecule has 0 aromatic rings. The standard InChI is InChI=1S/C15H28N4O4S2/c1-3-9-15(10-4-2,24(20,21)18-13-7-5-11-16)25(22,23)19-14-8-6-12-17/h18-19H,3-10,13-14H2,1-2H3. The van der Waals surface area contributed by atoms with E-state index in [4.69, 9.17) is 10.5 Å². The van der Waals surface area contributed by atoms with Gasteiger partial charge in [-0.15, -0.1) is 0 Å². The van der Waals surface area contributed by atoms with Gasteiger partial charge in [-0.25, -0.2) is 26.3 Å². The summed E-state index contributed by atoms with van der Waals surface area (Å²) in [6, 6.07) is 3.84. The van der Waals surface area contributed by atoms with E-state index in [0.717, 1.165) is 0 Å². The number of sulfonamides is 2. The summed E-state index contributed by atoms with van der Waals surface area (Å²) in [4.78, 5) is 0. The molecule has 0 saturated heterocycles. The summed E-state index contributed by atoms with van der Waals surface area (Å²) >= 11 is 0. The molecular formula is C15H28N4O4S2. The predicted octanol–water partition coefficient (Wildman–Crippen LogP) is 1.73. The average Bonchev–Trinajstić information content (AvgIpc) is 2.55. The molecular weight excluding hydrogens is 364 g/mol. The summed E-state index contributed by atoms with van der Waals surface area (Å²) in [7, 11) is -8.33. The van der Waals surface area contributed by atoms with Crippen LogP contribution in [0.1, 0.15) is 65.2 Å². The van der Waals surface area contributed by atoms with Gasteiger partial charge in [-0.05, 0) is 25.7 Å². The number of nitriles is 2. The molecule has 0 fully saturated rings. The fraction of sp³-hybridized carbons (Fsp3) is 0.867. The lowest BCUT2D eigenvalue weighted by Crippen LogP contribution is -2.56. The first kappa shape index (κ1) is 23.8. The smallest absolute Gasteiger partial charge is 0.214 e. The molecule has 0 saturated carbocycles. The molecule has 0 amide bonds. The molecule has 0 heterocycles. The van der Waals surface area contributed by atoms with Crippen LogP contribution >= 0.6 is 0 Å². The van der Waals surface area contributed by atoms with Crippen molar-refractivity contribution in [3.8, 4) is 12.1 Å². The highest BCUT2D eigenvalue weighted by atomic mass is 32.3. The lowest BCUT2D eigenvalue weighted by molar-refractivity contribution is 0.484. The topological polar surface area (TPSA) is 140 Å². The summed E-state index contributed by atoms with van der Waals surface area (Å²) < 4.78 is 54.2. The second-order valence-corrected chi connectivity index (χ2v) is 10.1. The molecule has 0 aromatic heterocycles. The van der Waals surface area contributed by atoms with Gasteiger partial charge in [0, 0.05) is 25.9 Å². The van der Waals surface area contributed by atoms with Crippen LogP contribution in [-0.2, 0) is 20.0 Å². The van der Waals surface area contributed by atoms with Crippen LogP contribution in [-0.4, -0.2) is 34.0 Å². The van der Waals surface area contributed by atoms with Crippen molar-refractivity contribution >= 4 is 20.0 Å². The lowest BCUT2D eigenvalue weighted by atomic mass is 10.1. The first-order chi connectivity index (χ1) is 11.7. The minimum absolute atomic E-state index is 0.0228. The Morgan fingerprint density at radius 1 is 0.800 bits per heavy atom. The predicted molar refractivity (Wildman–Crippen MR) is 96.1 cm³/mol. The quantitative estimate of drug-likeness (QED) is 0.431. The third-order valence-electron chi connectivity index (χ3n) is 3.76. The minimum atomic E-state index is -4.16. The van der Waals surface area contributed by atoms with E-state index in [9.17, 15) is 16.8 Å². The lowest BCUT2D eigenvalue weighted by Gasteiger charge is -2.32. The summed E-state index contributed by atoms with van der Waals surface area (Å²) in [5.41, 5.74) is 0. The van der Waals surface area contributed by atoms with Gasteiger partial charge in [0.15, 0.2) is 0 Å². The van der Waals surface area contributed by atoms with Crippen LogP contribution in [0.5, 0.6) is 0 Å². The Labute approximate surface area is 151 Å². The Kier molecular flexibility index (Phi) is 10.9. The van der Waals surface area contributed by atoms with E-state index in [2.05, 4.69) is 9.44 Å². The Bertz CT molecular complexity index is 615. The van der Waals surface area contributed by atoms with E-state index in [-0.39, 0.29) is 38.8 Å². The third kappa shape index (κ3) is 6.55. The molecule has 25 heavy (non-hydrogen) atoms. The number of hydrogen-bond donors (Lipinski definition) is 2. The zero-order valence-electron chi connectivity index (χ0n) is 14.9. The molecule has 144 valence electrons. The van der Waals surface area contributed by atoms with Gasteiger partial charge in [0.1, 0.15) is 0 Å². The zero-order chi connectivity index (χ0) is 19.4. The van der Waals surface area contributed by atoms with Crippen LogP contribution in [0.4, 0.5) is 0 Å². The summed E-state index contributed by atoms with van der Waals surface area (Å²) in [6.45, 7) is 3.52. The van der Waals surface area contributed by atoms with Crippen molar-refractivity contribution in [2.75, 3.05) is 13.1 Å². The van der Waals surface area contributed by atoms with E-state index in [1.54, 1.807) is 13.8 Å². The summed E-state index contributed by atoms with van der Waals surface area (Å²) in [6.07, 6.45) is 1.74. The van der Waals surface area contributed by atoms with Crippen molar-refractivity contribution in [3.05, 3.63) is 0 Å². The highest BCUT2D eigenvalue weighted by Crippen LogP contribution is 2.34. The van der Waals surface area contributed by atoms with Gasteiger partial charge in [0.2, 0.25) is 24.1 Å². The Morgan fingerprint density at radius 3 is 1.44 bits per heavy atom. The van der Waals surface area contributed by atoms with Gasteiger partial charge in [0.05, 0.1) is 12.1 Å². The van der Waals surface area contributed by atoms with Crippen molar-refractivity contribution in [1.29, 1.82) is 10.5 Å². The molecule has 0 aromatic carbocycles. The van der Waals surface area contributed by atoms with Crippen LogP contribution in [0.2, 0.25) is 0 Å². The van der Waals surface area contributed by atoms with Crippen LogP contribution in [0.25, 0.3) is 0 Å². The number of rotatable bonds is 14. The molecule has 0 aliphatic rings. The maximum absolute atomic E-state index is 12.9. The summed E-state index contributed by atoms with van der Waals surface area (Å²) in [5, 5.41) is 17.1. The molecule has 0 aliphatic carbocycles. The number of hydrogen-bond acceptors (Lipinski definition) is 6. The second-order valence-electron chi connectivity index (χ2n) is 5.73. The fourth-order valence-electron chi connectivity index (χ4n) is 2.58. The Morgan fingerprint density at radius 2 is 1.16 bits per heavy atom. The SMILES string of the molecule is CCCC(CCC)(S(=O)(=O)NCCCC#N)S(=O)(=O)NCCCC#N. The normalized spacial score (nSPS) is 12.5. The van der Waals surface area contributed by atoms with Crippen LogP contribution in [0.15, 0.2) is 0 Å². The molecule has 0 atom stereocenters. The maximum atomic E-state index is 12.9. The van der Waals surface area contributed by atoms with Gasteiger partial charge in [-0.1, -0.05) is 26.7 Å². The van der Waals surface area contributed by atoms with Gasteiger partial charge >= 0.3 is 0 Å². The molecule has 2 N–H and O–H groups in total. The van der Waals surface area contributed by atoms with Crippen molar-refractivity contribution in [2.45, 2.75) is 69.3 Å². The van der Waals surface area contributed by atoms with E-state index in [0.29, 0.717) is 25.7 Å². The Balaban J connectivity index is 5.62. The molecule has 10 heteroatoms. The van der Waals surface area contributed by atoms with Crippen LogP contribution in [0.3, 0.4) is 0 Å². The van der Waals surface area contributed by atoms with E-state index >= 15 is 0 Å². The van der Waals surface area contributed by atoms with Crippen molar-refractivity contribution < 1.29 is 16.8 Å². The van der Waals surface area contributed by atoms with Gasteiger partial charge < -0.3 is 0 Å². The van der Waals surface area contributed by atoms with E-state index in [1.165, 1.54) is 0 Å². The third-order valence-corrected chi connectivity index (χ3v) is 9.02. The highest BCUT2D eigenvalue weighted by molar-refractivity contribution is 8.08. The Hall–Kier alpha value is -1.20. The van der Waals surface area contributed by atoms with Gasteiger partial charge in [-0.2, -0.15) is 10.5 Å². The van der Waals surface area contributed by atoms with E-state index in [1.807, 2.05) is 12.1 Å². The van der Waals surface area contributed by atoms with Crippen LogP contribution < -0.4 is 9.44 Å². The average molecular weight is 393 g/mol. The largest absolute Gasteiger partial charge is 0.233 e. The molecule has 0 rings (SSSR count). The maximum Gasteiger partial charge on any atom is 0.233 e. The number of unbranched alkanes of at least 4 members (excludes halogenated alkanes) is 2. The fourth-order valence-corrected chi connectivity index (χ4v) is 7.33. The first-order valence-corrected chi connectivity index (χ1v) is 11.4. The summed E-state index contributed by atoms with van der Waals surface area (Å²) in [5.74, 6) is 0. The minimum Gasteiger partial charge on any atom is -0.214 e. The highest BCUT2D eigenvalue weighted by Gasteiger charge is 2.53. The molecule has 0 radical (unpaired) electrons. The van der Waals surface area contributed by atoms with Crippen LogP contribution in [0, 0.1) is 22.7 Å². The van der Waals surface area contributed by atoms with Gasteiger partial charge in [0.25, 0.3) is 0 Å². The molecule has 0 aliphatic heterocycles. The number of nitrogens with one attached hydrogen (secondary N) is 2.